The molecule has 1 N–H and O–H groups in total. The van der Waals surface area contributed by atoms with Gasteiger partial charge in [0.05, 0.1) is 18.1 Å². The highest BCUT2D eigenvalue weighted by Crippen LogP contribution is 2.26. The van der Waals surface area contributed by atoms with E-state index in [2.05, 4.69) is 9.97 Å². The lowest BCUT2D eigenvalue weighted by Crippen LogP contribution is -1.97. The number of hydrogen-bond acceptors (Lipinski definition) is 3. The van der Waals surface area contributed by atoms with E-state index in [1.807, 2.05) is 78.9 Å². The summed E-state index contributed by atoms with van der Waals surface area (Å²) in [6.45, 7) is 0. The van der Waals surface area contributed by atoms with Crippen molar-refractivity contribution in [1.29, 1.82) is 0 Å². The predicted molar refractivity (Wildman–Crippen MR) is 109 cm³/mol. The van der Waals surface area contributed by atoms with Crippen LogP contribution in [0.4, 0.5) is 0 Å². The SMILES string of the molecule is COc1ccc(O/C(=C/c2cccc(Cl)c2)c2nc3ccccc3[nH]2)cc1. The minimum absolute atomic E-state index is 0.596. The van der Waals surface area contributed by atoms with E-state index in [-0.39, 0.29) is 0 Å². The van der Waals surface area contributed by atoms with Gasteiger partial charge in [0.2, 0.25) is 0 Å². The maximum Gasteiger partial charge on any atom is 0.174 e. The van der Waals surface area contributed by atoms with Crippen LogP contribution in [0.5, 0.6) is 11.5 Å². The number of nitrogens with one attached hydrogen (secondary N) is 1. The molecule has 0 radical (unpaired) electrons. The van der Waals surface area contributed by atoms with Crippen LogP contribution in [-0.2, 0) is 0 Å². The quantitative estimate of drug-likeness (QED) is 0.447. The highest BCUT2D eigenvalue weighted by molar-refractivity contribution is 6.30. The number of aromatic nitrogens is 2. The number of hydrogen-bond donors (Lipinski definition) is 1. The molecule has 4 rings (SSSR count). The van der Waals surface area contributed by atoms with E-state index < -0.39 is 0 Å². The fourth-order valence-electron chi connectivity index (χ4n) is 2.73. The minimum atomic E-state index is 0.596. The van der Waals surface area contributed by atoms with Gasteiger partial charge in [0, 0.05) is 5.02 Å². The maximum absolute atomic E-state index is 6.14. The van der Waals surface area contributed by atoms with Gasteiger partial charge in [-0.05, 0) is 60.2 Å². The molecule has 0 aliphatic carbocycles. The lowest BCUT2D eigenvalue weighted by molar-refractivity contribution is 0.413. The van der Waals surface area contributed by atoms with Crippen molar-refractivity contribution in [3.63, 3.8) is 0 Å². The molecule has 4 aromatic rings. The lowest BCUT2D eigenvalue weighted by Gasteiger charge is -2.09. The topological polar surface area (TPSA) is 47.1 Å². The maximum atomic E-state index is 6.14. The summed E-state index contributed by atoms with van der Waals surface area (Å²) in [6, 6.07) is 22.9. The summed E-state index contributed by atoms with van der Waals surface area (Å²) in [4.78, 5) is 7.97. The number of halogens is 1. The summed E-state index contributed by atoms with van der Waals surface area (Å²) in [5.41, 5.74) is 2.75. The summed E-state index contributed by atoms with van der Waals surface area (Å²) < 4.78 is 11.3. The third kappa shape index (κ3) is 3.96. The van der Waals surface area contributed by atoms with Crippen molar-refractivity contribution in [1.82, 2.24) is 9.97 Å². The first-order chi connectivity index (χ1) is 13.2. The van der Waals surface area contributed by atoms with Crippen molar-refractivity contribution >= 4 is 34.5 Å². The van der Waals surface area contributed by atoms with E-state index in [1.165, 1.54) is 0 Å². The van der Waals surface area contributed by atoms with Crippen molar-refractivity contribution in [3.8, 4) is 11.5 Å². The molecule has 0 aliphatic rings. The van der Waals surface area contributed by atoms with Crippen LogP contribution in [0.15, 0.2) is 72.8 Å². The van der Waals surface area contributed by atoms with Crippen LogP contribution >= 0.6 is 11.6 Å². The molecule has 0 saturated heterocycles. The molecule has 0 amide bonds. The van der Waals surface area contributed by atoms with Gasteiger partial charge in [-0.15, -0.1) is 0 Å². The Balaban J connectivity index is 1.76. The predicted octanol–water partition coefficient (Wildman–Crippen LogP) is 5.80. The number of benzene rings is 3. The smallest absolute Gasteiger partial charge is 0.174 e. The Kier molecular flexibility index (Phi) is 4.81. The molecule has 3 aromatic carbocycles. The van der Waals surface area contributed by atoms with Gasteiger partial charge in [-0.3, -0.25) is 0 Å². The molecule has 134 valence electrons. The monoisotopic (exact) mass is 376 g/mol. The van der Waals surface area contributed by atoms with Gasteiger partial charge in [0.25, 0.3) is 0 Å². The van der Waals surface area contributed by atoms with E-state index in [1.54, 1.807) is 7.11 Å². The van der Waals surface area contributed by atoms with Gasteiger partial charge in [0.15, 0.2) is 11.6 Å². The number of methoxy groups -OCH3 is 1. The molecule has 4 nitrogen and oxygen atoms in total. The van der Waals surface area contributed by atoms with Gasteiger partial charge in [-0.1, -0.05) is 35.9 Å². The second-order valence-electron chi connectivity index (χ2n) is 5.94. The van der Waals surface area contributed by atoms with Crippen molar-refractivity contribution in [3.05, 3.63) is 89.2 Å². The number of ether oxygens (including phenoxy) is 2. The standard InChI is InChI=1S/C22H17ClN2O2/c1-26-17-9-11-18(12-10-17)27-21(14-15-5-4-6-16(23)13-15)22-24-19-7-2-3-8-20(19)25-22/h2-14H,1H3,(H,24,25)/b21-14+. The molecular formula is C22H17ClN2O2. The summed E-state index contributed by atoms with van der Waals surface area (Å²) >= 11 is 6.12. The zero-order chi connectivity index (χ0) is 18.6. The molecule has 0 saturated carbocycles. The normalized spacial score (nSPS) is 11.6. The number of imidazole rings is 1. The molecule has 0 unspecified atom stereocenters. The average molecular weight is 377 g/mol. The van der Waals surface area contributed by atoms with E-state index >= 15 is 0 Å². The van der Waals surface area contributed by atoms with E-state index in [9.17, 15) is 0 Å². The number of H-pyrrole nitrogens is 1. The summed E-state index contributed by atoms with van der Waals surface area (Å²) in [6.07, 6.45) is 1.91. The number of para-hydroxylation sites is 2. The highest BCUT2D eigenvalue weighted by Gasteiger charge is 2.11. The first-order valence-corrected chi connectivity index (χ1v) is 8.83. The largest absolute Gasteiger partial charge is 0.497 e. The fraction of sp³-hybridized carbons (Fsp3) is 0.0455. The van der Waals surface area contributed by atoms with Gasteiger partial charge in [-0.2, -0.15) is 0 Å². The van der Waals surface area contributed by atoms with Gasteiger partial charge < -0.3 is 14.5 Å². The molecular weight excluding hydrogens is 360 g/mol. The van der Waals surface area contributed by atoms with Crippen LogP contribution in [0, 0.1) is 0 Å². The molecule has 0 fully saturated rings. The molecule has 27 heavy (non-hydrogen) atoms. The molecule has 5 heteroatoms. The van der Waals surface area contributed by atoms with Crippen LogP contribution < -0.4 is 9.47 Å². The molecule has 1 heterocycles. The van der Waals surface area contributed by atoms with E-state index in [0.29, 0.717) is 22.4 Å². The molecule has 0 atom stereocenters. The van der Waals surface area contributed by atoms with E-state index in [4.69, 9.17) is 21.1 Å². The molecule has 0 aliphatic heterocycles. The number of nitrogens with zero attached hydrogens (tertiary/aromatic N) is 1. The highest BCUT2D eigenvalue weighted by atomic mass is 35.5. The minimum Gasteiger partial charge on any atom is -0.497 e. The fourth-order valence-corrected chi connectivity index (χ4v) is 2.93. The second-order valence-corrected chi connectivity index (χ2v) is 6.38. The molecule has 0 bridgehead atoms. The van der Waals surface area contributed by atoms with Gasteiger partial charge >= 0.3 is 0 Å². The van der Waals surface area contributed by atoms with Crippen molar-refractivity contribution < 1.29 is 9.47 Å². The third-order valence-corrected chi connectivity index (χ3v) is 4.29. The Labute approximate surface area is 162 Å². The number of aromatic amines is 1. The van der Waals surface area contributed by atoms with Crippen molar-refractivity contribution in [2.24, 2.45) is 0 Å². The Morgan fingerprint density at radius 1 is 0.963 bits per heavy atom. The van der Waals surface area contributed by atoms with Crippen molar-refractivity contribution in [2.75, 3.05) is 7.11 Å². The summed E-state index contributed by atoms with van der Waals surface area (Å²) in [7, 11) is 1.63. The summed E-state index contributed by atoms with van der Waals surface area (Å²) in [5, 5.41) is 0.664. The second kappa shape index (κ2) is 7.56. The lowest BCUT2D eigenvalue weighted by atomic mass is 10.2. The Hall–Kier alpha value is -3.24. The zero-order valence-corrected chi connectivity index (χ0v) is 15.4. The Morgan fingerprint density at radius 3 is 2.48 bits per heavy atom. The average Bonchev–Trinajstić information content (AvgIpc) is 3.12. The first-order valence-electron chi connectivity index (χ1n) is 8.45. The summed E-state index contributed by atoms with van der Waals surface area (Å²) in [5.74, 6) is 2.70. The van der Waals surface area contributed by atoms with Crippen LogP contribution in [0.1, 0.15) is 11.4 Å². The van der Waals surface area contributed by atoms with Crippen LogP contribution in [-0.4, -0.2) is 17.1 Å². The molecule has 1 aromatic heterocycles. The Morgan fingerprint density at radius 2 is 1.74 bits per heavy atom. The molecule has 0 spiro atoms. The Bertz CT molecular complexity index is 1070. The zero-order valence-electron chi connectivity index (χ0n) is 14.6. The number of fused-ring (bicyclic) bond motifs is 1. The van der Waals surface area contributed by atoms with Crippen LogP contribution in [0.3, 0.4) is 0 Å². The van der Waals surface area contributed by atoms with Crippen LogP contribution in [0.25, 0.3) is 22.9 Å². The van der Waals surface area contributed by atoms with Gasteiger partial charge in [0.1, 0.15) is 11.5 Å². The number of rotatable bonds is 5. The van der Waals surface area contributed by atoms with Crippen LogP contribution in [0.2, 0.25) is 5.02 Å². The van der Waals surface area contributed by atoms with Gasteiger partial charge in [-0.25, -0.2) is 4.98 Å². The van der Waals surface area contributed by atoms with Crippen molar-refractivity contribution in [2.45, 2.75) is 0 Å². The van der Waals surface area contributed by atoms with E-state index in [0.717, 1.165) is 22.3 Å². The first kappa shape index (κ1) is 17.2. The third-order valence-electron chi connectivity index (χ3n) is 4.06.